The highest BCUT2D eigenvalue weighted by molar-refractivity contribution is 5.81. The van der Waals surface area contributed by atoms with E-state index in [-0.39, 0.29) is 25.2 Å². The van der Waals surface area contributed by atoms with Gasteiger partial charge in [-0.1, -0.05) is 26.0 Å². The van der Waals surface area contributed by atoms with Gasteiger partial charge in [0.2, 0.25) is 0 Å². The lowest BCUT2D eigenvalue weighted by atomic mass is 10.0. The summed E-state index contributed by atoms with van der Waals surface area (Å²) in [5, 5.41) is 2.76. The second-order valence-electron chi connectivity index (χ2n) is 5.97. The van der Waals surface area contributed by atoms with Gasteiger partial charge in [0.05, 0.1) is 0 Å². The van der Waals surface area contributed by atoms with E-state index in [1.165, 1.54) is 0 Å². The summed E-state index contributed by atoms with van der Waals surface area (Å²) in [5.41, 5.74) is 2.11. The van der Waals surface area contributed by atoms with Gasteiger partial charge in [-0.05, 0) is 42.9 Å². The van der Waals surface area contributed by atoms with Crippen LogP contribution in [0, 0.1) is 6.92 Å². The molecule has 0 aliphatic heterocycles. The molecule has 2 rings (SSSR count). The Kier molecular flexibility index (Phi) is 5.41. The Labute approximate surface area is 131 Å². The molecule has 0 saturated heterocycles. The Bertz CT molecular complexity index is 550. The van der Waals surface area contributed by atoms with Gasteiger partial charge in [0.1, 0.15) is 5.75 Å². The van der Waals surface area contributed by atoms with Crippen LogP contribution < -0.4 is 10.1 Å². The normalized spacial score (nSPS) is 13.8. The van der Waals surface area contributed by atoms with Crippen molar-refractivity contribution in [3.63, 3.8) is 0 Å². The minimum absolute atomic E-state index is 0.195. The number of hydrogen-bond donors (Lipinski definition) is 1. The average molecular weight is 305 g/mol. The summed E-state index contributed by atoms with van der Waals surface area (Å²) in [6.45, 7) is 5.68. The Hall–Kier alpha value is -2.04. The SMILES string of the molecule is Cc1ccc(C(C)C)cc1OCC(=O)OCC(=O)NC1CC1. The highest BCUT2D eigenvalue weighted by Crippen LogP contribution is 2.24. The maximum absolute atomic E-state index is 11.6. The maximum atomic E-state index is 11.6. The molecule has 5 nitrogen and oxygen atoms in total. The predicted molar refractivity (Wildman–Crippen MR) is 82.9 cm³/mol. The second kappa shape index (κ2) is 7.29. The summed E-state index contributed by atoms with van der Waals surface area (Å²) in [5.74, 6) is 0.265. The highest BCUT2D eigenvalue weighted by Gasteiger charge is 2.23. The van der Waals surface area contributed by atoms with E-state index < -0.39 is 5.97 Å². The zero-order valence-electron chi connectivity index (χ0n) is 13.3. The number of nitrogens with one attached hydrogen (secondary N) is 1. The molecule has 0 atom stereocenters. The standard InChI is InChI=1S/C17H23NO4/c1-11(2)13-5-4-12(3)15(8-13)21-10-17(20)22-9-16(19)18-14-6-7-14/h4-5,8,11,14H,6-7,9-10H2,1-3H3,(H,18,19). The highest BCUT2D eigenvalue weighted by atomic mass is 16.6. The number of carbonyl (C=O) groups excluding carboxylic acids is 2. The van der Waals surface area contributed by atoms with E-state index in [4.69, 9.17) is 9.47 Å². The number of aryl methyl sites for hydroxylation is 1. The molecule has 1 amide bonds. The van der Waals surface area contributed by atoms with Crippen LogP contribution in [0.3, 0.4) is 0 Å². The van der Waals surface area contributed by atoms with E-state index in [9.17, 15) is 9.59 Å². The van der Waals surface area contributed by atoms with Crippen LogP contribution in [0.15, 0.2) is 18.2 Å². The van der Waals surface area contributed by atoms with Crippen molar-refractivity contribution in [3.8, 4) is 5.75 Å². The summed E-state index contributed by atoms with van der Waals surface area (Å²) >= 11 is 0. The van der Waals surface area contributed by atoms with Crippen molar-refractivity contribution < 1.29 is 19.1 Å². The van der Waals surface area contributed by atoms with Crippen LogP contribution in [-0.2, 0) is 14.3 Å². The lowest BCUT2D eigenvalue weighted by Crippen LogP contribution is -2.31. The van der Waals surface area contributed by atoms with Crippen molar-refractivity contribution in [1.29, 1.82) is 0 Å². The zero-order chi connectivity index (χ0) is 16.1. The molecule has 1 N–H and O–H groups in total. The molecular weight excluding hydrogens is 282 g/mol. The van der Waals surface area contributed by atoms with Crippen LogP contribution >= 0.6 is 0 Å². The molecule has 1 aliphatic carbocycles. The fourth-order valence-electron chi connectivity index (χ4n) is 1.95. The quantitative estimate of drug-likeness (QED) is 0.785. The Morgan fingerprint density at radius 1 is 1.27 bits per heavy atom. The molecule has 1 aromatic rings. The molecule has 0 aromatic heterocycles. The van der Waals surface area contributed by atoms with E-state index in [1.807, 2.05) is 25.1 Å². The monoisotopic (exact) mass is 305 g/mol. The van der Waals surface area contributed by atoms with Crippen LogP contribution in [-0.4, -0.2) is 31.1 Å². The lowest BCUT2D eigenvalue weighted by molar-refractivity contribution is -0.150. The number of amides is 1. The number of ether oxygens (including phenoxy) is 2. The van der Waals surface area contributed by atoms with Gasteiger partial charge in [0.25, 0.3) is 5.91 Å². The van der Waals surface area contributed by atoms with Crippen LogP contribution in [0.25, 0.3) is 0 Å². The minimum Gasteiger partial charge on any atom is -0.482 e. The molecule has 1 fully saturated rings. The fourth-order valence-corrected chi connectivity index (χ4v) is 1.95. The van der Waals surface area contributed by atoms with E-state index in [1.54, 1.807) is 0 Å². The zero-order valence-corrected chi connectivity index (χ0v) is 13.3. The third-order valence-corrected chi connectivity index (χ3v) is 3.53. The molecule has 0 radical (unpaired) electrons. The van der Waals surface area contributed by atoms with Gasteiger partial charge in [-0.15, -0.1) is 0 Å². The van der Waals surface area contributed by atoms with Crippen LogP contribution in [0.1, 0.15) is 43.7 Å². The number of carbonyl (C=O) groups is 2. The summed E-state index contributed by atoms with van der Waals surface area (Å²) in [6, 6.07) is 6.23. The third kappa shape index (κ3) is 5.06. The average Bonchev–Trinajstić information content (AvgIpc) is 3.27. The predicted octanol–water partition coefficient (Wildman–Crippen LogP) is 2.32. The van der Waals surface area contributed by atoms with Gasteiger partial charge in [-0.25, -0.2) is 4.79 Å². The van der Waals surface area contributed by atoms with Crippen molar-refractivity contribution >= 4 is 11.9 Å². The summed E-state index contributed by atoms with van der Waals surface area (Å²) in [6.07, 6.45) is 2.02. The van der Waals surface area contributed by atoms with Gasteiger partial charge in [0, 0.05) is 6.04 Å². The van der Waals surface area contributed by atoms with Gasteiger partial charge in [-0.3, -0.25) is 4.79 Å². The smallest absolute Gasteiger partial charge is 0.344 e. The van der Waals surface area contributed by atoms with E-state index in [0.29, 0.717) is 11.7 Å². The minimum atomic E-state index is -0.541. The van der Waals surface area contributed by atoms with E-state index in [0.717, 1.165) is 24.0 Å². The fraction of sp³-hybridized carbons (Fsp3) is 0.529. The first kappa shape index (κ1) is 16.3. The van der Waals surface area contributed by atoms with Crippen molar-refractivity contribution in [3.05, 3.63) is 29.3 Å². The Morgan fingerprint density at radius 3 is 2.64 bits per heavy atom. The Balaban J connectivity index is 1.77. The topological polar surface area (TPSA) is 64.6 Å². The summed E-state index contributed by atoms with van der Waals surface area (Å²) in [7, 11) is 0. The number of benzene rings is 1. The lowest BCUT2D eigenvalue weighted by Gasteiger charge is -2.12. The molecule has 1 saturated carbocycles. The first-order chi connectivity index (χ1) is 10.5. The molecule has 1 aromatic carbocycles. The molecule has 5 heteroatoms. The summed E-state index contributed by atoms with van der Waals surface area (Å²) < 4.78 is 10.4. The van der Waals surface area contributed by atoms with Crippen LogP contribution in [0.2, 0.25) is 0 Å². The molecular formula is C17H23NO4. The number of rotatable bonds is 7. The number of hydrogen-bond acceptors (Lipinski definition) is 4. The van der Waals surface area contributed by atoms with Crippen molar-refractivity contribution in [2.45, 2.75) is 45.6 Å². The van der Waals surface area contributed by atoms with Gasteiger partial charge in [-0.2, -0.15) is 0 Å². The Morgan fingerprint density at radius 2 is 2.00 bits per heavy atom. The summed E-state index contributed by atoms with van der Waals surface area (Å²) in [4.78, 5) is 23.0. The molecule has 120 valence electrons. The van der Waals surface area contributed by atoms with Crippen LogP contribution in [0.4, 0.5) is 0 Å². The molecule has 1 aliphatic rings. The largest absolute Gasteiger partial charge is 0.482 e. The molecule has 0 bridgehead atoms. The first-order valence-electron chi connectivity index (χ1n) is 7.64. The van der Waals surface area contributed by atoms with E-state index in [2.05, 4.69) is 19.2 Å². The van der Waals surface area contributed by atoms with Crippen LogP contribution in [0.5, 0.6) is 5.75 Å². The second-order valence-corrected chi connectivity index (χ2v) is 5.97. The maximum Gasteiger partial charge on any atom is 0.344 e. The molecule has 0 spiro atoms. The van der Waals surface area contributed by atoms with Crippen molar-refractivity contribution in [1.82, 2.24) is 5.32 Å². The molecule has 0 heterocycles. The van der Waals surface area contributed by atoms with Gasteiger partial charge in [0.15, 0.2) is 13.2 Å². The number of esters is 1. The molecule has 22 heavy (non-hydrogen) atoms. The van der Waals surface area contributed by atoms with E-state index >= 15 is 0 Å². The first-order valence-corrected chi connectivity index (χ1v) is 7.64. The van der Waals surface area contributed by atoms with Crippen molar-refractivity contribution in [2.24, 2.45) is 0 Å². The van der Waals surface area contributed by atoms with Gasteiger partial charge >= 0.3 is 5.97 Å². The third-order valence-electron chi connectivity index (χ3n) is 3.53. The van der Waals surface area contributed by atoms with Crippen molar-refractivity contribution in [2.75, 3.05) is 13.2 Å². The molecule has 0 unspecified atom stereocenters. The van der Waals surface area contributed by atoms with Gasteiger partial charge < -0.3 is 14.8 Å².